The van der Waals surface area contributed by atoms with E-state index < -0.39 is 0 Å². The Hall–Kier alpha value is -2.77. The van der Waals surface area contributed by atoms with Crippen LogP contribution in [0.25, 0.3) is 0 Å². The van der Waals surface area contributed by atoms with Crippen LogP contribution in [0.3, 0.4) is 0 Å². The molecule has 1 aliphatic heterocycles. The molecule has 13 heteroatoms. The zero-order valence-electron chi connectivity index (χ0n) is 14.3. The molecule has 0 fully saturated rings. The largest absolute Gasteiger partial charge is 0.454 e. The fourth-order valence-corrected chi connectivity index (χ4v) is 4.31. The maximum atomic E-state index is 12.1. The van der Waals surface area contributed by atoms with Crippen molar-refractivity contribution < 1.29 is 19.1 Å². The highest BCUT2D eigenvalue weighted by Gasteiger charge is 2.17. The number of benzene rings is 1. The van der Waals surface area contributed by atoms with Crippen LogP contribution < -0.4 is 20.1 Å². The summed E-state index contributed by atoms with van der Waals surface area (Å²) in [6.45, 7) is 1.89. The third-order valence-electron chi connectivity index (χ3n) is 3.47. The molecular weight excluding hydrogens is 424 g/mol. The minimum Gasteiger partial charge on any atom is -0.454 e. The Kier molecular flexibility index (Phi) is 5.36. The first kappa shape index (κ1) is 18.6. The van der Waals surface area contributed by atoms with Gasteiger partial charge in [0.1, 0.15) is 4.88 Å². The third kappa shape index (κ3) is 4.21. The SMILES string of the molecule is Cc1nnsc1C(=O)Nc1nnc(SCC(=O)Nc2ccc3c(c2)OCO3)s1. The number of hydrogen-bond acceptors (Lipinski definition) is 11. The molecule has 4 rings (SSSR count). The van der Waals surface area contributed by atoms with Gasteiger partial charge in [0.2, 0.25) is 17.8 Å². The van der Waals surface area contributed by atoms with Crippen LogP contribution in [-0.2, 0) is 4.79 Å². The Bertz CT molecular complexity index is 1040. The topological polar surface area (TPSA) is 128 Å². The highest BCUT2D eigenvalue weighted by atomic mass is 32.2. The molecule has 0 spiro atoms. The van der Waals surface area contributed by atoms with E-state index in [2.05, 4.69) is 30.4 Å². The Morgan fingerprint density at radius 1 is 1.18 bits per heavy atom. The highest BCUT2D eigenvalue weighted by molar-refractivity contribution is 8.01. The van der Waals surface area contributed by atoms with Crippen LogP contribution in [0.15, 0.2) is 22.5 Å². The summed E-state index contributed by atoms with van der Waals surface area (Å²) in [5.41, 5.74) is 1.18. The van der Waals surface area contributed by atoms with E-state index in [-0.39, 0.29) is 24.4 Å². The molecule has 144 valence electrons. The van der Waals surface area contributed by atoms with Gasteiger partial charge in [0.15, 0.2) is 15.8 Å². The summed E-state index contributed by atoms with van der Waals surface area (Å²) in [6, 6.07) is 5.19. The van der Waals surface area contributed by atoms with Gasteiger partial charge in [-0.25, -0.2) is 0 Å². The van der Waals surface area contributed by atoms with E-state index >= 15 is 0 Å². The molecule has 3 heterocycles. The van der Waals surface area contributed by atoms with Crippen molar-refractivity contribution in [3.05, 3.63) is 28.8 Å². The van der Waals surface area contributed by atoms with Crippen molar-refractivity contribution in [1.29, 1.82) is 0 Å². The summed E-state index contributed by atoms with van der Waals surface area (Å²) in [7, 11) is 0. The molecule has 2 N–H and O–H groups in total. The number of ether oxygens (including phenoxy) is 2. The van der Waals surface area contributed by atoms with Crippen LogP contribution >= 0.6 is 34.6 Å². The predicted octanol–water partition coefficient (Wildman–Crippen LogP) is 2.41. The molecule has 1 aliphatic rings. The Labute approximate surface area is 170 Å². The fraction of sp³-hybridized carbons (Fsp3) is 0.200. The second-order valence-electron chi connectivity index (χ2n) is 5.42. The number of fused-ring (bicyclic) bond motifs is 1. The van der Waals surface area contributed by atoms with Gasteiger partial charge in [-0.05, 0) is 30.6 Å². The van der Waals surface area contributed by atoms with Crippen molar-refractivity contribution in [1.82, 2.24) is 19.8 Å². The van der Waals surface area contributed by atoms with E-state index in [0.717, 1.165) is 11.5 Å². The Morgan fingerprint density at radius 3 is 2.86 bits per heavy atom. The molecule has 0 radical (unpaired) electrons. The lowest BCUT2D eigenvalue weighted by Crippen LogP contribution is -2.13. The van der Waals surface area contributed by atoms with E-state index in [1.807, 2.05) is 0 Å². The number of nitrogens with one attached hydrogen (secondary N) is 2. The van der Waals surface area contributed by atoms with Gasteiger partial charge in [-0.3, -0.25) is 14.9 Å². The van der Waals surface area contributed by atoms with Gasteiger partial charge in [0.05, 0.1) is 11.4 Å². The van der Waals surface area contributed by atoms with Crippen LogP contribution in [0.2, 0.25) is 0 Å². The van der Waals surface area contributed by atoms with Crippen molar-refractivity contribution >= 4 is 57.3 Å². The van der Waals surface area contributed by atoms with E-state index in [1.165, 1.54) is 23.1 Å². The molecule has 10 nitrogen and oxygen atoms in total. The van der Waals surface area contributed by atoms with Crippen molar-refractivity contribution in [2.24, 2.45) is 0 Å². The van der Waals surface area contributed by atoms with Crippen molar-refractivity contribution in [2.75, 3.05) is 23.2 Å². The zero-order valence-corrected chi connectivity index (χ0v) is 16.7. The summed E-state index contributed by atoms with van der Waals surface area (Å²) in [4.78, 5) is 24.7. The number of aryl methyl sites for hydroxylation is 1. The number of amides is 2. The van der Waals surface area contributed by atoms with Gasteiger partial charge in [-0.2, -0.15) is 0 Å². The quantitative estimate of drug-likeness (QED) is 0.442. The van der Waals surface area contributed by atoms with Gasteiger partial charge < -0.3 is 14.8 Å². The highest BCUT2D eigenvalue weighted by Crippen LogP contribution is 2.34. The average Bonchev–Trinajstić information content (AvgIpc) is 3.40. The number of carbonyl (C=O) groups excluding carboxylic acids is 2. The van der Waals surface area contributed by atoms with Crippen molar-refractivity contribution in [3.8, 4) is 11.5 Å². The maximum Gasteiger partial charge on any atom is 0.271 e. The third-order valence-corrected chi connectivity index (χ3v) is 6.27. The van der Waals surface area contributed by atoms with Gasteiger partial charge in [-0.15, -0.1) is 15.3 Å². The smallest absolute Gasteiger partial charge is 0.271 e. The first-order chi connectivity index (χ1) is 13.6. The Morgan fingerprint density at radius 2 is 2.04 bits per heavy atom. The first-order valence-corrected chi connectivity index (χ1v) is 10.4. The summed E-state index contributed by atoms with van der Waals surface area (Å²) in [5, 5.41) is 17.5. The number of nitrogens with zero attached hydrogens (tertiary/aromatic N) is 4. The summed E-state index contributed by atoms with van der Waals surface area (Å²) < 4.78 is 14.8. The van der Waals surface area contributed by atoms with Gasteiger partial charge in [-0.1, -0.05) is 27.6 Å². The first-order valence-electron chi connectivity index (χ1n) is 7.84. The summed E-state index contributed by atoms with van der Waals surface area (Å²) >= 11 is 3.42. The zero-order chi connectivity index (χ0) is 19.5. The molecular formula is C15H12N6O4S3. The van der Waals surface area contributed by atoms with Crippen molar-refractivity contribution in [3.63, 3.8) is 0 Å². The molecule has 2 aromatic heterocycles. The molecule has 3 aromatic rings. The van der Waals surface area contributed by atoms with E-state index in [4.69, 9.17) is 9.47 Å². The maximum absolute atomic E-state index is 12.1. The Balaban J connectivity index is 1.29. The van der Waals surface area contributed by atoms with Gasteiger partial charge in [0, 0.05) is 11.8 Å². The monoisotopic (exact) mass is 436 g/mol. The second kappa shape index (κ2) is 8.08. The molecule has 0 bridgehead atoms. The molecule has 28 heavy (non-hydrogen) atoms. The van der Waals surface area contributed by atoms with Crippen LogP contribution in [0.4, 0.5) is 10.8 Å². The fourth-order valence-electron chi connectivity index (χ4n) is 2.21. The van der Waals surface area contributed by atoms with E-state index in [1.54, 1.807) is 25.1 Å². The molecule has 0 saturated heterocycles. The molecule has 2 amide bonds. The second-order valence-corrected chi connectivity index (χ2v) is 8.37. The van der Waals surface area contributed by atoms with Crippen LogP contribution in [0.5, 0.6) is 11.5 Å². The number of hydrogen-bond donors (Lipinski definition) is 2. The normalized spacial score (nSPS) is 12.0. The van der Waals surface area contributed by atoms with E-state index in [0.29, 0.717) is 37.2 Å². The lowest BCUT2D eigenvalue weighted by atomic mass is 10.3. The molecule has 0 unspecified atom stereocenters. The van der Waals surface area contributed by atoms with Crippen LogP contribution in [0.1, 0.15) is 15.4 Å². The van der Waals surface area contributed by atoms with Gasteiger partial charge in [0.25, 0.3) is 5.91 Å². The minimum atomic E-state index is -0.333. The molecule has 0 aliphatic carbocycles. The summed E-state index contributed by atoms with van der Waals surface area (Å²) in [6.07, 6.45) is 0. The van der Waals surface area contributed by atoms with Crippen LogP contribution in [0, 0.1) is 6.92 Å². The number of anilines is 2. The average molecular weight is 437 g/mol. The molecule has 0 saturated carbocycles. The molecule has 1 aromatic carbocycles. The van der Waals surface area contributed by atoms with Crippen LogP contribution in [-0.4, -0.2) is 44.1 Å². The lowest BCUT2D eigenvalue weighted by Gasteiger charge is -2.05. The number of carbonyl (C=O) groups is 2. The number of thioether (sulfide) groups is 1. The van der Waals surface area contributed by atoms with E-state index in [9.17, 15) is 9.59 Å². The summed E-state index contributed by atoms with van der Waals surface area (Å²) in [5.74, 6) is 0.868. The number of rotatable bonds is 6. The molecule has 0 atom stereocenters. The predicted molar refractivity (Wildman–Crippen MR) is 104 cm³/mol. The van der Waals surface area contributed by atoms with Gasteiger partial charge >= 0.3 is 0 Å². The van der Waals surface area contributed by atoms with Crippen molar-refractivity contribution in [2.45, 2.75) is 11.3 Å². The standard InChI is InChI=1S/C15H12N6O4S3/c1-7-12(28-21-18-7)13(23)17-14-19-20-15(27-14)26-5-11(22)16-8-2-3-9-10(4-8)25-6-24-9/h2-4H,5-6H2,1H3,(H,16,22)(H,17,19,23). The minimum absolute atomic E-state index is 0.148. The number of aromatic nitrogens is 4. The lowest BCUT2D eigenvalue weighted by molar-refractivity contribution is -0.113.